The van der Waals surface area contributed by atoms with Gasteiger partial charge in [-0.3, -0.25) is 0 Å². The Morgan fingerprint density at radius 1 is 1.69 bits per heavy atom. The lowest BCUT2D eigenvalue weighted by Crippen LogP contribution is -2.19. The van der Waals surface area contributed by atoms with Gasteiger partial charge in [-0.2, -0.15) is 0 Å². The molecule has 0 amide bonds. The molecule has 1 aromatic rings. The SMILES string of the molecule is CCNC(C=C(C)C)c1csnn1. The van der Waals surface area contributed by atoms with Crippen molar-refractivity contribution in [2.75, 3.05) is 6.54 Å². The topological polar surface area (TPSA) is 37.8 Å². The number of aromatic nitrogens is 2. The summed E-state index contributed by atoms with van der Waals surface area (Å²) in [7, 11) is 0. The molecule has 0 aliphatic rings. The van der Waals surface area contributed by atoms with Crippen LogP contribution >= 0.6 is 11.5 Å². The summed E-state index contributed by atoms with van der Waals surface area (Å²) >= 11 is 1.39. The normalized spacial score (nSPS) is 12.5. The average Bonchev–Trinajstić information content (AvgIpc) is 2.54. The lowest BCUT2D eigenvalue weighted by atomic mass is 10.1. The molecule has 0 saturated carbocycles. The molecule has 1 unspecified atom stereocenters. The van der Waals surface area contributed by atoms with Crippen molar-refractivity contribution >= 4 is 11.5 Å². The predicted octanol–water partition coefficient (Wildman–Crippen LogP) is 2.15. The van der Waals surface area contributed by atoms with Crippen molar-refractivity contribution in [1.29, 1.82) is 0 Å². The fourth-order valence-corrected chi connectivity index (χ4v) is 1.60. The average molecular weight is 197 g/mol. The van der Waals surface area contributed by atoms with Gasteiger partial charge in [-0.25, -0.2) is 0 Å². The fourth-order valence-electron chi connectivity index (χ4n) is 1.11. The van der Waals surface area contributed by atoms with Crippen molar-refractivity contribution in [2.45, 2.75) is 26.8 Å². The van der Waals surface area contributed by atoms with E-state index in [2.05, 4.69) is 41.8 Å². The number of nitrogens with zero attached hydrogens (tertiary/aromatic N) is 2. The first-order valence-electron chi connectivity index (χ1n) is 4.39. The van der Waals surface area contributed by atoms with Gasteiger partial charge in [0.1, 0.15) is 0 Å². The molecule has 0 aliphatic carbocycles. The minimum atomic E-state index is 0.216. The lowest BCUT2D eigenvalue weighted by molar-refractivity contribution is 0.627. The molecule has 0 fully saturated rings. The standard InChI is InChI=1S/C9H15N3S/c1-4-10-8(5-7(2)3)9-6-13-12-11-9/h5-6,8,10H,4H2,1-3H3. The fraction of sp³-hybridized carbons (Fsp3) is 0.556. The van der Waals surface area contributed by atoms with E-state index < -0.39 is 0 Å². The zero-order chi connectivity index (χ0) is 9.68. The third kappa shape index (κ3) is 3.24. The van der Waals surface area contributed by atoms with Gasteiger partial charge in [0.2, 0.25) is 0 Å². The minimum absolute atomic E-state index is 0.216. The van der Waals surface area contributed by atoms with Crippen molar-refractivity contribution in [3.8, 4) is 0 Å². The molecule has 0 spiro atoms. The van der Waals surface area contributed by atoms with Gasteiger partial charge >= 0.3 is 0 Å². The maximum absolute atomic E-state index is 4.05. The first kappa shape index (κ1) is 10.3. The molecule has 0 saturated heterocycles. The van der Waals surface area contributed by atoms with Gasteiger partial charge in [0.05, 0.1) is 11.7 Å². The minimum Gasteiger partial charge on any atom is -0.306 e. The van der Waals surface area contributed by atoms with E-state index in [0.717, 1.165) is 12.2 Å². The van der Waals surface area contributed by atoms with Crippen molar-refractivity contribution in [1.82, 2.24) is 14.9 Å². The van der Waals surface area contributed by atoms with Gasteiger partial charge in [-0.1, -0.05) is 23.1 Å². The third-order valence-corrected chi connectivity index (χ3v) is 2.14. The summed E-state index contributed by atoms with van der Waals surface area (Å²) in [4.78, 5) is 0. The molecule has 3 nitrogen and oxygen atoms in total. The Hall–Kier alpha value is -0.740. The number of nitrogens with one attached hydrogen (secondary N) is 1. The molecule has 0 aromatic carbocycles. The Morgan fingerprint density at radius 3 is 2.92 bits per heavy atom. The highest BCUT2D eigenvalue weighted by atomic mass is 32.1. The summed E-state index contributed by atoms with van der Waals surface area (Å²) in [5, 5.41) is 9.37. The second-order valence-electron chi connectivity index (χ2n) is 3.11. The zero-order valence-electron chi connectivity index (χ0n) is 8.24. The van der Waals surface area contributed by atoms with Crippen molar-refractivity contribution < 1.29 is 0 Å². The molecule has 1 heterocycles. The molecule has 4 heteroatoms. The molecule has 0 aliphatic heterocycles. The number of likely N-dealkylation sites (N-methyl/N-ethyl adjacent to an activating group) is 1. The van der Waals surface area contributed by atoms with Crippen molar-refractivity contribution in [3.63, 3.8) is 0 Å². The summed E-state index contributed by atoms with van der Waals surface area (Å²) in [6.45, 7) is 7.20. The highest BCUT2D eigenvalue weighted by molar-refractivity contribution is 7.03. The molecule has 1 rings (SSSR count). The highest BCUT2D eigenvalue weighted by Crippen LogP contribution is 2.14. The van der Waals surface area contributed by atoms with Gasteiger partial charge in [0.15, 0.2) is 0 Å². The predicted molar refractivity (Wildman–Crippen MR) is 55.8 cm³/mol. The van der Waals surface area contributed by atoms with E-state index in [-0.39, 0.29) is 6.04 Å². The molecule has 0 bridgehead atoms. The van der Waals surface area contributed by atoms with Crippen LogP contribution in [0.25, 0.3) is 0 Å². The van der Waals surface area contributed by atoms with Gasteiger partial charge in [-0.15, -0.1) is 5.10 Å². The summed E-state index contributed by atoms with van der Waals surface area (Å²) in [6, 6.07) is 0.216. The summed E-state index contributed by atoms with van der Waals surface area (Å²) in [5.41, 5.74) is 2.30. The summed E-state index contributed by atoms with van der Waals surface area (Å²) in [5.74, 6) is 0. The van der Waals surface area contributed by atoms with Crippen LogP contribution in [-0.4, -0.2) is 16.1 Å². The van der Waals surface area contributed by atoms with Gasteiger partial charge in [0, 0.05) is 5.38 Å². The van der Waals surface area contributed by atoms with E-state index in [4.69, 9.17) is 0 Å². The third-order valence-electron chi connectivity index (χ3n) is 1.62. The molecule has 0 radical (unpaired) electrons. The molecule has 1 aromatic heterocycles. The van der Waals surface area contributed by atoms with Crippen LogP contribution in [0.2, 0.25) is 0 Å². The first-order valence-corrected chi connectivity index (χ1v) is 5.23. The number of hydrogen-bond acceptors (Lipinski definition) is 4. The monoisotopic (exact) mass is 197 g/mol. The number of rotatable bonds is 4. The smallest absolute Gasteiger partial charge is 0.0964 e. The van der Waals surface area contributed by atoms with Crippen molar-refractivity contribution in [2.24, 2.45) is 0 Å². The second-order valence-corrected chi connectivity index (χ2v) is 3.72. The quantitative estimate of drug-likeness (QED) is 0.752. The zero-order valence-corrected chi connectivity index (χ0v) is 9.06. The van der Waals surface area contributed by atoms with Crippen LogP contribution in [0.1, 0.15) is 32.5 Å². The summed E-state index contributed by atoms with van der Waals surface area (Å²) < 4.78 is 3.86. The van der Waals surface area contributed by atoms with E-state index in [1.54, 1.807) is 0 Å². The van der Waals surface area contributed by atoms with E-state index in [1.165, 1.54) is 17.1 Å². The van der Waals surface area contributed by atoms with Crippen LogP contribution < -0.4 is 5.32 Å². The summed E-state index contributed by atoms with van der Waals surface area (Å²) in [6.07, 6.45) is 2.17. The lowest BCUT2D eigenvalue weighted by Gasteiger charge is -2.10. The number of hydrogen-bond donors (Lipinski definition) is 1. The van der Waals surface area contributed by atoms with Crippen LogP contribution in [0.4, 0.5) is 0 Å². The molecular weight excluding hydrogens is 182 g/mol. The molecule has 72 valence electrons. The van der Waals surface area contributed by atoms with E-state index in [1.807, 2.05) is 5.38 Å². The largest absolute Gasteiger partial charge is 0.306 e. The number of allylic oxidation sites excluding steroid dienone is 1. The highest BCUT2D eigenvalue weighted by Gasteiger charge is 2.08. The Balaban J connectivity index is 2.74. The van der Waals surface area contributed by atoms with Crippen LogP contribution in [0, 0.1) is 0 Å². The Morgan fingerprint density at radius 2 is 2.46 bits per heavy atom. The Bertz CT molecular complexity index is 262. The van der Waals surface area contributed by atoms with Gasteiger partial charge in [0.25, 0.3) is 0 Å². The molecule has 1 atom stereocenters. The van der Waals surface area contributed by atoms with E-state index >= 15 is 0 Å². The second kappa shape index (κ2) is 5.09. The van der Waals surface area contributed by atoms with E-state index in [0.29, 0.717) is 0 Å². The molecule has 13 heavy (non-hydrogen) atoms. The first-order chi connectivity index (χ1) is 6.24. The van der Waals surface area contributed by atoms with Gasteiger partial charge in [-0.05, 0) is 31.9 Å². The van der Waals surface area contributed by atoms with Crippen LogP contribution in [0.5, 0.6) is 0 Å². The van der Waals surface area contributed by atoms with Crippen LogP contribution in [0.3, 0.4) is 0 Å². The van der Waals surface area contributed by atoms with Crippen molar-refractivity contribution in [3.05, 3.63) is 22.7 Å². The molecular formula is C9H15N3S. The van der Waals surface area contributed by atoms with E-state index in [9.17, 15) is 0 Å². The van der Waals surface area contributed by atoms with Crippen LogP contribution in [-0.2, 0) is 0 Å². The maximum atomic E-state index is 4.05. The Kier molecular flexibility index (Phi) is 4.05. The van der Waals surface area contributed by atoms with Crippen LogP contribution in [0.15, 0.2) is 17.0 Å². The Labute approximate surface area is 83.0 Å². The van der Waals surface area contributed by atoms with Gasteiger partial charge < -0.3 is 5.32 Å². The molecule has 1 N–H and O–H groups in total. The maximum Gasteiger partial charge on any atom is 0.0964 e.